The first-order chi connectivity index (χ1) is 28.3. The van der Waals surface area contributed by atoms with Crippen molar-refractivity contribution in [3.05, 3.63) is 172 Å². The Bertz CT molecular complexity index is 2760. The number of aryl methyl sites for hydroxylation is 3. The molecule has 3 heterocycles. The largest absolute Gasteiger partial charge is 3.00 e. The molecule has 0 fully saturated rings. The third kappa shape index (κ3) is 8.22. The molecule has 6 heteroatoms. The van der Waals surface area contributed by atoms with E-state index < -0.39 is 8.07 Å². The van der Waals surface area contributed by atoms with E-state index >= 15 is 0 Å². The van der Waals surface area contributed by atoms with Gasteiger partial charge in [0, 0.05) is 30.5 Å². The number of hydrogen-bond acceptors (Lipinski definition) is 2. The summed E-state index contributed by atoms with van der Waals surface area (Å²) < 4.78 is 2.44. The summed E-state index contributed by atoms with van der Waals surface area (Å²) in [5.41, 5.74) is 15.0. The molecule has 60 heavy (non-hydrogen) atoms. The first-order valence-electron chi connectivity index (χ1n) is 21.3. The van der Waals surface area contributed by atoms with Gasteiger partial charge in [0.2, 0.25) is 0 Å². The molecule has 0 saturated carbocycles. The molecule has 1 aliphatic heterocycles. The van der Waals surface area contributed by atoms with Crippen molar-refractivity contribution < 1.29 is 20.1 Å². The van der Waals surface area contributed by atoms with Crippen LogP contribution < -0.4 is 10.1 Å². The van der Waals surface area contributed by atoms with Crippen molar-refractivity contribution in [3.8, 4) is 11.3 Å². The second kappa shape index (κ2) is 17.5. The molecule has 1 unspecified atom stereocenters. The summed E-state index contributed by atoms with van der Waals surface area (Å²) in [7, 11) is -1.28. The number of para-hydroxylation sites is 2. The van der Waals surface area contributed by atoms with Gasteiger partial charge in [-0.2, -0.15) is 23.8 Å². The van der Waals surface area contributed by atoms with Gasteiger partial charge in [0.05, 0.1) is 8.07 Å². The van der Waals surface area contributed by atoms with E-state index in [4.69, 9.17) is 5.32 Å². The van der Waals surface area contributed by atoms with E-state index in [0.29, 0.717) is 11.8 Å². The molecular weight excluding hydrogens is 925 g/mol. The van der Waals surface area contributed by atoms with Gasteiger partial charge in [0.25, 0.3) is 0 Å². The SMILES string of the molecule is CCn1c2c[c-]c(C3[N-]c4ccccc4N3Cc3c(C(C)C)cccc3C(C)C)cc2c2cc(C)cc(C)c21.C[Si](C)(C)c1ccc(-c2[c-]ccc3ccccc23)nc1.[Ir+3]. The minimum atomic E-state index is -1.28. The summed E-state index contributed by atoms with van der Waals surface area (Å²) in [5.74, 6) is 0.919. The second-order valence-electron chi connectivity index (χ2n) is 17.9. The molecule has 6 aromatic carbocycles. The maximum Gasteiger partial charge on any atom is 3.00 e. The molecule has 1 aliphatic rings. The molecule has 0 saturated heterocycles. The van der Waals surface area contributed by atoms with E-state index in [1.165, 1.54) is 71.3 Å². The normalized spacial score (nSPS) is 13.7. The summed E-state index contributed by atoms with van der Waals surface area (Å²) in [6.45, 7) is 24.7. The predicted octanol–water partition coefficient (Wildman–Crippen LogP) is 14.4. The third-order valence-electron chi connectivity index (χ3n) is 12.0. The molecule has 0 radical (unpaired) electrons. The number of benzene rings is 6. The van der Waals surface area contributed by atoms with Crippen LogP contribution in [0.5, 0.6) is 0 Å². The van der Waals surface area contributed by atoms with Crippen LogP contribution in [-0.4, -0.2) is 17.6 Å². The van der Waals surface area contributed by atoms with Gasteiger partial charge in [-0.15, -0.1) is 40.2 Å². The molecule has 8 aromatic rings. The molecule has 9 rings (SSSR count). The van der Waals surface area contributed by atoms with Gasteiger partial charge in [-0.25, -0.2) is 0 Å². The molecule has 0 aliphatic carbocycles. The van der Waals surface area contributed by atoms with Crippen LogP contribution in [0.15, 0.2) is 121 Å². The minimum Gasteiger partial charge on any atom is -0.661 e. The van der Waals surface area contributed by atoms with Crippen molar-refractivity contribution in [1.82, 2.24) is 9.55 Å². The maximum atomic E-state index is 5.29. The van der Waals surface area contributed by atoms with Gasteiger partial charge < -0.3 is 19.8 Å². The third-order valence-corrected chi connectivity index (χ3v) is 14.0. The molecule has 2 aromatic heterocycles. The van der Waals surface area contributed by atoms with Crippen molar-refractivity contribution in [1.29, 1.82) is 0 Å². The van der Waals surface area contributed by atoms with Gasteiger partial charge in [-0.05, 0) is 83.4 Å². The van der Waals surface area contributed by atoms with E-state index in [2.05, 4.69) is 204 Å². The summed E-state index contributed by atoms with van der Waals surface area (Å²) in [5, 5.41) is 11.7. The van der Waals surface area contributed by atoms with E-state index in [1.54, 1.807) is 0 Å². The van der Waals surface area contributed by atoms with Crippen LogP contribution in [0.25, 0.3) is 49.2 Å². The number of hydrogen-bond donors (Lipinski definition) is 0. The van der Waals surface area contributed by atoms with Crippen LogP contribution in [0, 0.1) is 26.0 Å². The molecule has 0 N–H and O–H groups in total. The van der Waals surface area contributed by atoms with Crippen LogP contribution >= 0.6 is 0 Å². The molecular formula is C54H57IrN4Si. The van der Waals surface area contributed by atoms with Gasteiger partial charge in [0.15, 0.2) is 0 Å². The van der Waals surface area contributed by atoms with Crippen molar-refractivity contribution in [2.24, 2.45) is 0 Å². The van der Waals surface area contributed by atoms with Crippen molar-refractivity contribution in [2.45, 2.75) is 99.2 Å². The van der Waals surface area contributed by atoms with Crippen molar-refractivity contribution in [3.63, 3.8) is 0 Å². The Morgan fingerprint density at radius 2 is 1.48 bits per heavy atom. The summed E-state index contributed by atoms with van der Waals surface area (Å²) >= 11 is 0. The number of anilines is 1. The van der Waals surface area contributed by atoms with Crippen LogP contribution in [0.3, 0.4) is 0 Å². The zero-order chi connectivity index (χ0) is 41.6. The number of rotatable bonds is 8. The summed E-state index contributed by atoms with van der Waals surface area (Å²) in [6, 6.07) is 48.5. The Morgan fingerprint density at radius 3 is 2.17 bits per heavy atom. The Kier molecular flexibility index (Phi) is 12.6. The van der Waals surface area contributed by atoms with E-state index in [1.807, 2.05) is 12.3 Å². The Hall–Kier alpha value is -5.00. The first-order valence-corrected chi connectivity index (χ1v) is 24.8. The first kappa shape index (κ1) is 43.1. The number of pyridine rings is 1. The molecule has 0 bridgehead atoms. The standard InChI is InChI=1S/C36H39N3.C18H18NSi.Ir/c1-8-38-33-17-16-26(20-29(33)30-19-24(6)18-25(7)35(30)38)36-37-32-14-9-10-15-34(32)39(36)21-31-27(22(2)3)12-11-13-28(31)23(4)5;1-20(2,3)15-11-12-18(19-13-15)17-10-6-8-14-7-4-5-9-16(14)17;/h9-15,17-20,22-23,36H,8,21H2,1-7H3;4-9,11-13H,1-3H3;/q-2;-1;+3. The van der Waals surface area contributed by atoms with Gasteiger partial charge in [-0.1, -0.05) is 149 Å². The summed E-state index contributed by atoms with van der Waals surface area (Å²) in [4.78, 5) is 7.16. The topological polar surface area (TPSA) is 35.2 Å². The van der Waals surface area contributed by atoms with Crippen molar-refractivity contribution >= 4 is 57.2 Å². The smallest absolute Gasteiger partial charge is 0.661 e. The zero-order valence-corrected chi connectivity index (χ0v) is 40.2. The van der Waals surface area contributed by atoms with E-state index in [0.717, 1.165) is 35.6 Å². The fourth-order valence-electron chi connectivity index (χ4n) is 9.04. The minimum absolute atomic E-state index is 0. The quantitative estimate of drug-likeness (QED) is 0.112. The average Bonchev–Trinajstić information content (AvgIpc) is 3.75. The second-order valence-corrected chi connectivity index (χ2v) is 23.0. The molecule has 306 valence electrons. The molecule has 1 atom stereocenters. The maximum absolute atomic E-state index is 5.29. The predicted molar refractivity (Wildman–Crippen MR) is 255 cm³/mol. The van der Waals surface area contributed by atoms with Gasteiger partial charge >= 0.3 is 20.1 Å². The van der Waals surface area contributed by atoms with Crippen molar-refractivity contribution in [2.75, 3.05) is 4.90 Å². The van der Waals surface area contributed by atoms with Gasteiger partial charge in [-0.3, -0.25) is 0 Å². The molecule has 4 nitrogen and oxygen atoms in total. The van der Waals surface area contributed by atoms with Crippen LogP contribution in [0.2, 0.25) is 19.6 Å². The van der Waals surface area contributed by atoms with Crippen LogP contribution in [-0.2, 0) is 33.2 Å². The average molecular weight is 982 g/mol. The molecule has 0 amide bonds. The monoisotopic (exact) mass is 982 g/mol. The van der Waals surface area contributed by atoms with E-state index in [9.17, 15) is 0 Å². The zero-order valence-electron chi connectivity index (χ0n) is 36.8. The van der Waals surface area contributed by atoms with E-state index in [-0.39, 0.29) is 26.3 Å². The fraction of sp³-hybridized carbons (Fsp3) is 0.278. The molecule has 0 spiro atoms. The van der Waals surface area contributed by atoms with Gasteiger partial charge in [0.1, 0.15) is 0 Å². The van der Waals surface area contributed by atoms with Crippen LogP contribution in [0.4, 0.5) is 11.4 Å². The Morgan fingerprint density at radius 1 is 0.767 bits per heavy atom. The number of nitrogens with zero attached hydrogens (tertiary/aromatic N) is 4. The number of fused-ring (bicyclic) bond motifs is 5. The summed E-state index contributed by atoms with van der Waals surface area (Å²) in [6.07, 6.45) is 1.93. The Labute approximate surface area is 372 Å². The Balaban J connectivity index is 0.000000218. The fourth-order valence-corrected chi connectivity index (χ4v) is 10.1. The number of aromatic nitrogens is 2. The van der Waals surface area contributed by atoms with Crippen LogP contribution in [0.1, 0.15) is 86.0 Å².